The summed E-state index contributed by atoms with van der Waals surface area (Å²) in [6, 6.07) is 0. The molecule has 0 N–H and O–H groups in total. The number of halogens is 2. The van der Waals surface area contributed by atoms with Crippen molar-refractivity contribution >= 4 is 39.8 Å². The van der Waals surface area contributed by atoms with Gasteiger partial charge in [-0.15, -0.1) is 0 Å². The van der Waals surface area contributed by atoms with Crippen LogP contribution in [0.15, 0.2) is 0 Å². The fourth-order valence-electron chi connectivity index (χ4n) is 0. The molecule has 0 aromatic carbocycles. The van der Waals surface area contributed by atoms with Gasteiger partial charge in [-0.2, -0.15) is 0 Å². The number of hydrogen-bond donors (Lipinski definition) is 0. The van der Waals surface area contributed by atoms with Crippen LogP contribution in [0.4, 0.5) is 0 Å². The molecule has 5 heteroatoms. The van der Waals surface area contributed by atoms with Gasteiger partial charge in [-0.25, -0.2) is 0 Å². The zero-order valence-corrected chi connectivity index (χ0v) is 16.4. The SMILES string of the molecule is CC[PH+](C)C.CC[PH+](C)C.C[CH]=[Ru]([Cl])[Cl]. The van der Waals surface area contributed by atoms with Crippen molar-refractivity contribution in [2.45, 2.75) is 20.8 Å². The predicted octanol–water partition coefficient (Wildman–Crippen LogP) is 4.69. The molecule has 0 unspecified atom stereocenters. The second-order valence-corrected chi connectivity index (χ2v) is 16.0. The van der Waals surface area contributed by atoms with E-state index in [0.29, 0.717) is 0 Å². The average Bonchev–Trinajstić information content (AvgIpc) is 2.19. The van der Waals surface area contributed by atoms with Crippen molar-refractivity contribution in [1.29, 1.82) is 0 Å². The van der Waals surface area contributed by atoms with Crippen molar-refractivity contribution in [1.82, 2.24) is 0 Å². The predicted molar refractivity (Wildman–Crippen MR) is 84.9 cm³/mol. The van der Waals surface area contributed by atoms with Crippen LogP contribution in [-0.4, -0.2) is 43.6 Å². The molecular formula is C10H28Cl2P2Ru+2. The van der Waals surface area contributed by atoms with Gasteiger partial charge in [0.1, 0.15) is 0 Å². The summed E-state index contributed by atoms with van der Waals surface area (Å²) in [5.41, 5.74) is 0. The first-order valence-corrected chi connectivity index (χ1v) is 16.1. The second kappa shape index (κ2) is 18.3. The molecule has 0 heterocycles. The Balaban J connectivity index is -0.000000144. The summed E-state index contributed by atoms with van der Waals surface area (Å²) >= 11 is -1.36. The van der Waals surface area contributed by atoms with E-state index in [1.165, 1.54) is 12.3 Å². The summed E-state index contributed by atoms with van der Waals surface area (Å²) in [6.07, 6.45) is 2.81. The van der Waals surface area contributed by atoms with Gasteiger partial charge >= 0.3 is 44.4 Å². The van der Waals surface area contributed by atoms with Crippen LogP contribution in [-0.2, 0) is 13.5 Å². The molecule has 0 radical (unpaired) electrons. The van der Waals surface area contributed by atoms with Crippen molar-refractivity contribution in [2.24, 2.45) is 0 Å². The summed E-state index contributed by atoms with van der Waals surface area (Å²) < 4.78 is 1.84. The zero-order valence-electron chi connectivity index (χ0n) is 11.1. The Morgan fingerprint density at radius 1 is 0.933 bits per heavy atom. The van der Waals surface area contributed by atoms with Crippen LogP contribution in [0, 0.1) is 0 Å². The van der Waals surface area contributed by atoms with Crippen molar-refractivity contribution in [3.63, 3.8) is 0 Å². The van der Waals surface area contributed by atoms with Gasteiger partial charge in [0.25, 0.3) is 0 Å². The third-order valence-corrected chi connectivity index (χ3v) is 6.98. The Bertz CT molecular complexity index is 127. The molecule has 0 fully saturated rings. The molecule has 98 valence electrons. The van der Waals surface area contributed by atoms with E-state index in [9.17, 15) is 0 Å². The normalized spacial score (nSPS) is 9.93. The molecule has 0 aliphatic carbocycles. The van der Waals surface area contributed by atoms with E-state index < -0.39 is 13.5 Å². The average molecular weight is 382 g/mol. The van der Waals surface area contributed by atoms with Gasteiger partial charge in [0, 0.05) is 26.7 Å². The standard InChI is InChI=1S/2C4H11P.C2H4.2ClH.Ru/c2*1-4-5(2)3;1-2;;;/h2*4H2,1-3H3;1H,2H3;2*1H;/q;;;;;+2. The van der Waals surface area contributed by atoms with Gasteiger partial charge in [0.2, 0.25) is 0 Å². The van der Waals surface area contributed by atoms with Crippen LogP contribution in [0.3, 0.4) is 0 Å². The van der Waals surface area contributed by atoms with E-state index in [0.717, 1.165) is 0 Å². The van der Waals surface area contributed by atoms with Gasteiger partial charge in [0.15, 0.2) is 0 Å². The Morgan fingerprint density at radius 3 is 1.07 bits per heavy atom. The fraction of sp³-hybridized carbons (Fsp3) is 0.900. The minimum absolute atomic E-state index is 0.126. The molecule has 0 saturated carbocycles. The molecular weight excluding hydrogens is 354 g/mol. The fourth-order valence-corrected chi connectivity index (χ4v) is 0. The summed E-state index contributed by atoms with van der Waals surface area (Å²) in [7, 11) is 10.9. The summed E-state index contributed by atoms with van der Waals surface area (Å²) in [5.74, 6) is 0. The maximum absolute atomic E-state index is 5.32. The Labute approximate surface area is 113 Å². The molecule has 0 saturated heterocycles. The van der Waals surface area contributed by atoms with E-state index in [-0.39, 0.29) is 15.8 Å². The van der Waals surface area contributed by atoms with Crippen molar-refractivity contribution in [3.05, 3.63) is 0 Å². The van der Waals surface area contributed by atoms with Gasteiger partial charge < -0.3 is 0 Å². The minimum atomic E-state index is -1.36. The molecule has 0 aliphatic rings. The molecule has 0 rings (SSSR count). The van der Waals surface area contributed by atoms with Crippen LogP contribution < -0.4 is 0 Å². The first-order chi connectivity index (χ1) is 6.81. The van der Waals surface area contributed by atoms with Crippen LogP contribution in [0.1, 0.15) is 20.8 Å². The van der Waals surface area contributed by atoms with Crippen LogP contribution in [0.2, 0.25) is 0 Å². The summed E-state index contributed by atoms with van der Waals surface area (Å²) in [6.45, 7) is 15.7. The molecule has 0 amide bonds. The van der Waals surface area contributed by atoms with Crippen LogP contribution in [0.25, 0.3) is 0 Å². The quantitative estimate of drug-likeness (QED) is 0.480. The maximum atomic E-state index is 5.32. The number of rotatable bonds is 2. The van der Waals surface area contributed by atoms with Gasteiger partial charge in [-0.05, 0) is 29.7 Å². The van der Waals surface area contributed by atoms with Crippen molar-refractivity contribution in [2.75, 3.05) is 39.0 Å². The topological polar surface area (TPSA) is 0 Å². The van der Waals surface area contributed by atoms with E-state index in [1.807, 2.05) is 11.5 Å². The van der Waals surface area contributed by atoms with Crippen molar-refractivity contribution < 1.29 is 13.5 Å². The second-order valence-electron chi connectivity index (χ2n) is 3.53. The Hall–Kier alpha value is 1.93. The van der Waals surface area contributed by atoms with E-state index in [4.69, 9.17) is 19.4 Å². The van der Waals surface area contributed by atoms with E-state index in [1.54, 1.807) is 0 Å². The molecule has 15 heavy (non-hydrogen) atoms. The molecule has 0 spiro atoms. The van der Waals surface area contributed by atoms with Gasteiger partial charge in [-0.1, -0.05) is 0 Å². The summed E-state index contributed by atoms with van der Waals surface area (Å²) in [5, 5.41) is 0. The van der Waals surface area contributed by atoms with Crippen LogP contribution >= 0.6 is 35.2 Å². The number of hydrogen-bond acceptors (Lipinski definition) is 0. The van der Waals surface area contributed by atoms with E-state index in [2.05, 4.69) is 40.5 Å². The molecule has 0 aromatic heterocycles. The summed E-state index contributed by atoms with van der Waals surface area (Å²) in [4.78, 5) is 0. The van der Waals surface area contributed by atoms with Gasteiger partial charge in [-0.3, -0.25) is 0 Å². The van der Waals surface area contributed by atoms with Gasteiger partial charge in [0.05, 0.1) is 12.3 Å². The third kappa shape index (κ3) is 49.1. The first kappa shape index (κ1) is 22.1. The molecule has 0 aliphatic heterocycles. The Kier molecular flexibility index (Phi) is 27.0. The molecule has 0 nitrogen and oxygen atoms in total. The molecule has 0 aromatic rings. The van der Waals surface area contributed by atoms with Crippen LogP contribution in [0.5, 0.6) is 0 Å². The third-order valence-electron chi connectivity index (χ3n) is 1.57. The zero-order chi connectivity index (χ0) is 12.9. The van der Waals surface area contributed by atoms with E-state index >= 15 is 0 Å². The monoisotopic (exact) mass is 382 g/mol. The van der Waals surface area contributed by atoms with Crippen molar-refractivity contribution in [3.8, 4) is 0 Å². The first-order valence-electron chi connectivity index (χ1n) is 5.17. The molecule has 0 bridgehead atoms. The molecule has 0 atom stereocenters. The Morgan fingerprint density at radius 2 is 1.07 bits per heavy atom.